The average molecular weight is 420 g/mol. The molecule has 0 aliphatic carbocycles. The van der Waals surface area contributed by atoms with Gasteiger partial charge in [-0.25, -0.2) is 13.2 Å². The van der Waals surface area contributed by atoms with Crippen LogP contribution in [0.1, 0.15) is 16.7 Å². The predicted octanol–water partition coefficient (Wildman–Crippen LogP) is 6.90. The zero-order valence-corrected chi connectivity index (χ0v) is 17.3. The lowest BCUT2D eigenvalue weighted by Crippen LogP contribution is -1.97. The summed E-state index contributed by atoms with van der Waals surface area (Å²) in [6, 6.07) is 20.4. The Balaban J connectivity index is 1.57. The minimum Gasteiger partial charge on any atom is -0.384 e. The summed E-state index contributed by atoms with van der Waals surface area (Å²) in [6.07, 6.45) is 1.80. The fourth-order valence-corrected chi connectivity index (χ4v) is 3.80. The maximum atomic E-state index is 15.1. The molecule has 0 saturated heterocycles. The first-order valence-corrected chi connectivity index (χ1v) is 10.3. The van der Waals surface area contributed by atoms with Crippen molar-refractivity contribution < 1.29 is 17.9 Å². The molecule has 0 saturated carbocycles. The highest BCUT2D eigenvalue weighted by Gasteiger charge is 2.11. The maximum Gasteiger partial charge on any atom is 0.134 e. The fourth-order valence-electron chi connectivity index (χ4n) is 3.80. The van der Waals surface area contributed by atoms with Crippen LogP contribution in [-0.4, -0.2) is 13.7 Å². The van der Waals surface area contributed by atoms with Crippen molar-refractivity contribution in [3.05, 3.63) is 107 Å². The first-order valence-electron chi connectivity index (χ1n) is 10.3. The summed E-state index contributed by atoms with van der Waals surface area (Å²) in [4.78, 5) is 0. The molecule has 4 aromatic rings. The van der Waals surface area contributed by atoms with Gasteiger partial charge in [0.2, 0.25) is 0 Å². The molecule has 0 spiro atoms. The van der Waals surface area contributed by atoms with Gasteiger partial charge in [-0.3, -0.25) is 0 Å². The van der Waals surface area contributed by atoms with E-state index in [4.69, 9.17) is 4.74 Å². The summed E-state index contributed by atoms with van der Waals surface area (Å²) in [5, 5.41) is 1.24. The van der Waals surface area contributed by atoms with Crippen LogP contribution in [0.4, 0.5) is 13.2 Å². The molecule has 4 rings (SSSR count). The van der Waals surface area contributed by atoms with Gasteiger partial charge in [-0.1, -0.05) is 48.5 Å². The molecule has 31 heavy (non-hydrogen) atoms. The summed E-state index contributed by atoms with van der Waals surface area (Å²) in [6.45, 7) is 0.539. The molecule has 158 valence electrons. The van der Waals surface area contributed by atoms with E-state index in [0.29, 0.717) is 47.9 Å². The third kappa shape index (κ3) is 4.80. The molecule has 4 heteroatoms. The number of methoxy groups -OCH3 is 1. The molecule has 0 bridgehead atoms. The number of hydrogen-bond acceptors (Lipinski definition) is 1. The summed E-state index contributed by atoms with van der Waals surface area (Å²) < 4.78 is 47.8. The fraction of sp³-hybridized carbons (Fsp3) is 0.185. The van der Waals surface area contributed by atoms with E-state index in [1.165, 1.54) is 18.2 Å². The zero-order valence-electron chi connectivity index (χ0n) is 17.3. The van der Waals surface area contributed by atoms with Crippen LogP contribution in [0.3, 0.4) is 0 Å². The number of halogens is 3. The number of fused-ring (bicyclic) bond motifs is 1. The molecule has 0 atom stereocenters. The van der Waals surface area contributed by atoms with Crippen molar-refractivity contribution in [2.75, 3.05) is 13.7 Å². The lowest BCUT2D eigenvalue weighted by Gasteiger charge is -2.10. The van der Waals surface area contributed by atoms with Crippen molar-refractivity contribution in [3.63, 3.8) is 0 Å². The second kappa shape index (κ2) is 9.36. The number of hydrogen-bond donors (Lipinski definition) is 0. The summed E-state index contributed by atoms with van der Waals surface area (Å²) in [5.74, 6) is -0.844. The summed E-state index contributed by atoms with van der Waals surface area (Å²) in [5.41, 5.74) is 3.64. The van der Waals surface area contributed by atoms with Gasteiger partial charge in [-0.15, -0.1) is 0 Å². The van der Waals surface area contributed by atoms with Crippen LogP contribution in [0.25, 0.3) is 21.9 Å². The normalized spacial score (nSPS) is 11.2. The van der Waals surface area contributed by atoms with Gasteiger partial charge in [0, 0.05) is 18.1 Å². The number of rotatable bonds is 7. The van der Waals surface area contributed by atoms with E-state index in [-0.39, 0.29) is 17.5 Å². The van der Waals surface area contributed by atoms with Crippen LogP contribution in [0.5, 0.6) is 0 Å². The van der Waals surface area contributed by atoms with Gasteiger partial charge in [0.1, 0.15) is 17.5 Å². The van der Waals surface area contributed by atoms with Crippen molar-refractivity contribution in [3.8, 4) is 11.1 Å². The molecule has 0 aliphatic rings. The standard InChI is InChI=1S/C27H23F3O/c1-31-15-14-19-5-12-24(26(29)16-19)21-9-13-25-22(17-21)8-7-20(27(25)30)6-2-18-3-10-23(28)11-4-18/h3-5,7-13,16-17H,2,6,14-15H2,1H3. The average Bonchev–Trinajstić information content (AvgIpc) is 2.78. The monoisotopic (exact) mass is 420 g/mol. The van der Waals surface area contributed by atoms with E-state index in [9.17, 15) is 8.78 Å². The Labute approximate surface area is 180 Å². The van der Waals surface area contributed by atoms with Crippen LogP contribution in [0.15, 0.2) is 72.8 Å². The van der Waals surface area contributed by atoms with Crippen molar-refractivity contribution >= 4 is 10.8 Å². The van der Waals surface area contributed by atoms with E-state index in [1.807, 2.05) is 18.2 Å². The zero-order chi connectivity index (χ0) is 21.8. The molecule has 0 aromatic heterocycles. The highest BCUT2D eigenvalue weighted by molar-refractivity contribution is 5.88. The van der Waals surface area contributed by atoms with E-state index >= 15 is 4.39 Å². The minimum atomic E-state index is -0.302. The Morgan fingerprint density at radius 2 is 1.48 bits per heavy atom. The highest BCUT2D eigenvalue weighted by atomic mass is 19.1. The van der Waals surface area contributed by atoms with E-state index in [1.54, 1.807) is 43.5 Å². The summed E-state index contributed by atoms with van der Waals surface area (Å²) >= 11 is 0. The van der Waals surface area contributed by atoms with Crippen molar-refractivity contribution in [1.82, 2.24) is 0 Å². The van der Waals surface area contributed by atoms with Crippen molar-refractivity contribution in [2.24, 2.45) is 0 Å². The topological polar surface area (TPSA) is 9.23 Å². The van der Waals surface area contributed by atoms with Crippen molar-refractivity contribution in [2.45, 2.75) is 19.3 Å². The van der Waals surface area contributed by atoms with E-state index in [0.717, 1.165) is 16.5 Å². The Hall–Kier alpha value is -3.11. The van der Waals surface area contributed by atoms with Crippen LogP contribution < -0.4 is 0 Å². The second-order valence-electron chi connectivity index (χ2n) is 7.66. The first kappa shape index (κ1) is 21.1. The van der Waals surface area contributed by atoms with Crippen LogP contribution >= 0.6 is 0 Å². The lowest BCUT2D eigenvalue weighted by atomic mass is 9.96. The first-order chi connectivity index (χ1) is 15.0. The third-order valence-corrected chi connectivity index (χ3v) is 5.57. The van der Waals surface area contributed by atoms with Crippen LogP contribution in [0, 0.1) is 17.5 Å². The molecule has 0 amide bonds. The molecule has 4 aromatic carbocycles. The van der Waals surface area contributed by atoms with Crippen molar-refractivity contribution in [1.29, 1.82) is 0 Å². The Morgan fingerprint density at radius 1 is 0.710 bits per heavy atom. The van der Waals surface area contributed by atoms with Gasteiger partial charge >= 0.3 is 0 Å². The molecular weight excluding hydrogens is 397 g/mol. The summed E-state index contributed by atoms with van der Waals surface area (Å²) in [7, 11) is 1.62. The van der Waals surface area contributed by atoms with Crippen LogP contribution in [0.2, 0.25) is 0 Å². The van der Waals surface area contributed by atoms with Gasteiger partial charge < -0.3 is 4.74 Å². The highest BCUT2D eigenvalue weighted by Crippen LogP contribution is 2.30. The van der Waals surface area contributed by atoms with Gasteiger partial charge in [0.05, 0.1) is 6.61 Å². The van der Waals surface area contributed by atoms with Crippen LogP contribution in [-0.2, 0) is 24.0 Å². The van der Waals surface area contributed by atoms with Gasteiger partial charge in [-0.2, -0.15) is 0 Å². The smallest absolute Gasteiger partial charge is 0.134 e. The maximum absolute atomic E-state index is 15.1. The number of ether oxygens (including phenoxy) is 1. The molecule has 0 fully saturated rings. The predicted molar refractivity (Wildman–Crippen MR) is 119 cm³/mol. The second-order valence-corrected chi connectivity index (χ2v) is 7.66. The van der Waals surface area contributed by atoms with Gasteiger partial charge in [-0.05, 0) is 71.2 Å². The molecule has 0 N–H and O–H groups in total. The largest absolute Gasteiger partial charge is 0.384 e. The molecule has 1 nitrogen and oxygen atoms in total. The number of aryl methyl sites for hydroxylation is 2. The molecule has 0 aliphatic heterocycles. The minimum absolute atomic E-state index is 0.262. The lowest BCUT2D eigenvalue weighted by molar-refractivity contribution is 0.202. The van der Waals surface area contributed by atoms with E-state index < -0.39 is 0 Å². The van der Waals surface area contributed by atoms with Gasteiger partial charge in [0.25, 0.3) is 0 Å². The Kier molecular flexibility index (Phi) is 6.38. The molecule has 0 radical (unpaired) electrons. The van der Waals surface area contributed by atoms with Gasteiger partial charge in [0.15, 0.2) is 0 Å². The molecule has 0 heterocycles. The third-order valence-electron chi connectivity index (χ3n) is 5.57. The molecule has 0 unspecified atom stereocenters. The quantitative estimate of drug-likeness (QED) is 0.316. The number of benzene rings is 4. The Bertz CT molecular complexity index is 1200. The Morgan fingerprint density at radius 3 is 2.23 bits per heavy atom. The van der Waals surface area contributed by atoms with E-state index in [2.05, 4.69) is 0 Å². The molecular formula is C27H23F3O. The SMILES string of the molecule is COCCc1ccc(-c2ccc3c(F)c(CCc4ccc(F)cc4)ccc3c2)c(F)c1.